The summed E-state index contributed by atoms with van der Waals surface area (Å²) in [5, 5.41) is 5.49. The second-order valence-corrected chi connectivity index (χ2v) is 6.37. The monoisotopic (exact) mass is 359 g/mol. The number of benzene rings is 1. The number of rotatable bonds is 3. The standard InChI is InChI=1S/C20H17N5O2/c1-12-13(2)25(14-6-8-15(26-3)9-7-14)19-17(12)20-22-18(16-5-4-10-27-16)23-24(20)11-21-19/h4-11H,1-3H3. The van der Waals surface area contributed by atoms with Crippen molar-refractivity contribution in [1.82, 2.24) is 24.1 Å². The van der Waals surface area contributed by atoms with Crippen LogP contribution in [0.25, 0.3) is 34.0 Å². The van der Waals surface area contributed by atoms with Crippen molar-refractivity contribution in [3.05, 3.63) is 60.2 Å². The second-order valence-electron chi connectivity index (χ2n) is 6.37. The van der Waals surface area contributed by atoms with Gasteiger partial charge in [-0.3, -0.25) is 4.57 Å². The molecule has 0 saturated heterocycles. The van der Waals surface area contributed by atoms with Crippen molar-refractivity contribution >= 4 is 16.7 Å². The molecule has 5 rings (SSSR count). The van der Waals surface area contributed by atoms with Gasteiger partial charge < -0.3 is 9.15 Å². The van der Waals surface area contributed by atoms with Gasteiger partial charge in [0.25, 0.3) is 0 Å². The first-order valence-electron chi connectivity index (χ1n) is 8.58. The molecule has 5 aromatic rings. The van der Waals surface area contributed by atoms with Gasteiger partial charge in [0.15, 0.2) is 17.1 Å². The van der Waals surface area contributed by atoms with Gasteiger partial charge >= 0.3 is 0 Å². The Hall–Kier alpha value is -3.61. The van der Waals surface area contributed by atoms with Crippen LogP contribution in [0, 0.1) is 13.8 Å². The van der Waals surface area contributed by atoms with Crippen molar-refractivity contribution in [3.63, 3.8) is 0 Å². The summed E-state index contributed by atoms with van der Waals surface area (Å²) in [6, 6.07) is 11.6. The van der Waals surface area contributed by atoms with Crippen LogP contribution in [0.4, 0.5) is 0 Å². The maximum atomic E-state index is 5.44. The normalized spacial score (nSPS) is 11.5. The van der Waals surface area contributed by atoms with Crippen molar-refractivity contribution in [2.24, 2.45) is 0 Å². The number of ether oxygens (including phenoxy) is 1. The summed E-state index contributed by atoms with van der Waals surface area (Å²) in [4.78, 5) is 9.37. The molecule has 0 unspecified atom stereocenters. The summed E-state index contributed by atoms with van der Waals surface area (Å²) in [6.07, 6.45) is 3.31. The number of aromatic nitrogens is 5. The SMILES string of the molecule is COc1ccc(-n2c(C)c(C)c3c2ncn2nc(-c4ccco4)nc32)cc1. The van der Waals surface area contributed by atoms with Crippen LogP contribution in [0.3, 0.4) is 0 Å². The van der Waals surface area contributed by atoms with E-state index in [9.17, 15) is 0 Å². The first-order valence-corrected chi connectivity index (χ1v) is 8.58. The number of methoxy groups -OCH3 is 1. The molecule has 1 aromatic carbocycles. The molecule has 0 atom stereocenters. The highest BCUT2D eigenvalue weighted by Gasteiger charge is 2.19. The van der Waals surface area contributed by atoms with Gasteiger partial charge in [0.1, 0.15) is 12.1 Å². The zero-order valence-corrected chi connectivity index (χ0v) is 15.2. The summed E-state index contributed by atoms with van der Waals surface area (Å²) in [5.41, 5.74) is 4.87. The van der Waals surface area contributed by atoms with E-state index in [2.05, 4.69) is 28.5 Å². The van der Waals surface area contributed by atoms with Crippen molar-refractivity contribution in [3.8, 4) is 23.0 Å². The van der Waals surface area contributed by atoms with Gasteiger partial charge in [-0.2, -0.15) is 0 Å². The molecule has 7 nitrogen and oxygen atoms in total. The third kappa shape index (κ3) is 2.25. The molecule has 0 spiro atoms. The van der Waals surface area contributed by atoms with E-state index in [-0.39, 0.29) is 0 Å². The summed E-state index contributed by atoms with van der Waals surface area (Å²) < 4.78 is 14.5. The Kier molecular flexibility index (Phi) is 3.30. The fraction of sp³-hybridized carbons (Fsp3) is 0.150. The Morgan fingerprint density at radius 1 is 1.04 bits per heavy atom. The van der Waals surface area contributed by atoms with Gasteiger partial charge in [-0.25, -0.2) is 14.5 Å². The Labute approximate surface area is 154 Å². The minimum Gasteiger partial charge on any atom is -0.497 e. The van der Waals surface area contributed by atoms with Gasteiger partial charge in [-0.05, 0) is 55.8 Å². The largest absolute Gasteiger partial charge is 0.497 e. The molecule has 0 aliphatic heterocycles. The number of hydrogen-bond acceptors (Lipinski definition) is 5. The first kappa shape index (κ1) is 15.6. The minimum atomic E-state index is 0.545. The van der Waals surface area contributed by atoms with Crippen molar-refractivity contribution in [1.29, 1.82) is 0 Å². The smallest absolute Gasteiger partial charge is 0.217 e. The molecule has 4 heterocycles. The van der Waals surface area contributed by atoms with Crippen LogP contribution in [0.2, 0.25) is 0 Å². The van der Waals surface area contributed by atoms with E-state index in [1.807, 2.05) is 36.4 Å². The number of fused-ring (bicyclic) bond motifs is 3. The van der Waals surface area contributed by atoms with Crippen LogP contribution in [0.5, 0.6) is 5.75 Å². The molecule has 0 amide bonds. The van der Waals surface area contributed by atoms with Crippen LogP contribution < -0.4 is 4.74 Å². The third-order valence-electron chi connectivity index (χ3n) is 4.90. The molecule has 0 aliphatic carbocycles. The van der Waals surface area contributed by atoms with E-state index in [1.165, 1.54) is 0 Å². The van der Waals surface area contributed by atoms with Gasteiger partial charge in [-0.15, -0.1) is 5.10 Å². The first-order chi connectivity index (χ1) is 13.2. The fourth-order valence-electron chi connectivity index (χ4n) is 3.42. The van der Waals surface area contributed by atoms with E-state index >= 15 is 0 Å². The number of aryl methyl sites for hydroxylation is 1. The van der Waals surface area contributed by atoms with Crippen LogP contribution >= 0.6 is 0 Å². The van der Waals surface area contributed by atoms with Crippen LogP contribution in [0.15, 0.2) is 53.4 Å². The Morgan fingerprint density at radius 3 is 2.56 bits per heavy atom. The molecular weight excluding hydrogens is 342 g/mol. The van der Waals surface area contributed by atoms with Gasteiger partial charge in [-0.1, -0.05) is 0 Å². The fourth-order valence-corrected chi connectivity index (χ4v) is 3.42. The average molecular weight is 359 g/mol. The number of nitrogens with zero attached hydrogens (tertiary/aromatic N) is 5. The summed E-state index contributed by atoms with van der Waals surface area (Å²) >= 11 is 0. The minimum absolute atomic E-state index is 0.545. The lowest BCUT2D eigenvalue weighted by molar-refractivity contribution is 0.415. The Morgan fingerprint density at radius 2 is 1.85 bits per heavy atom. The van der Waals surface area contributed by atoms with E-state index in [0.717, 1.165) is 39.4 Å². The van der Waals surface area contributed by atoms with Crippen molar-refractivity contribution < 1.29 is 9.15 Å². The molecule has 0 fully saturated rings. The molecule has 0 saturated carbocycles. The maximum absolute atomic E-state index is 5.44. The lowest BCUT2D eigenvalue weighted by atomic mass is 10.2. The summed E-state index contributed by atoms with van der Waals surface area (Å²) in [5.74, 6) is 2.00. The lowest BCUT2D eigenvalue weighted by Crippen LogP contribution is -1.99. The Balaban J connectivity index is 1.78. The van der Waals surface area contributed by atoms with Gasteiger partial charge in [0, 0.05) is 11.4 Å². The van der Waals surface area contributed by atoms with Crippen LogP contribution in [0.1, 0.15) is 11.3 Å². The molecule has 0 radical (unpaired) electrons. The van der Waals surface area contributed by atoms with E-state index in [4.69, 9.17) is 14.1 Å². The zero-order chi connectivity index (χ0) is 18.5. The van der Waals surface area contributed by atoms with Gasteiger partial charge in [0.05, 0.1) is 18.8 Å². The lowest BCUT2D eigenvalue weighted by Gasteiger charge is -2.08. The quantitative estimate of drug-likeness (QED) is 0.488. The molecule has 0 N–H and O–H groups in total. The van der Waals surface area contributed by atoms with Crippen LogP contribution in [-0.4, -0.2) is 31.3 Å². The average Bonchev–Trinajstić information content (AvgIpc) is 3.41. The topological polar surface area (TPSA) is 70.4 Å². The molecule has 27 heavy (non-hydrogen) atoms. The third-order valence-corrected chi connectivity index (χ3v) is 4.90. The number of furan rings is 1. The second kappa shape index (κ2) is 5.70. The molecule has 4 aromatic heterocycles. The predicted octanol–water partition coefficient (Wildman–Crippen LogP) is 3.95. The van der Waals surface area contributed by atoms with Gasteiger partial charge in [0.2, 0.25) is 5.82 Å². The predicted molar refractivity (Wildman–Crippen MR) is 101 cm³/mol. The van der Waals surface area contributed by atoms with Crippen molar-refractivity contribution in [2.75, 3.05) is 7.11 Å². The summed E-state index contributed by atoms with van der Waals surface area (Å²) in [7, 11) is 1.66. The molecular formula is C20H17N5O2. The van der Waals surface area contributed by atoms with Crippen LogP contribution in [-0.2, 0) is 0 Å². The zero-order valence-electron chi connectivity index (χ0n) is 15.2. The molecule has 134 valence electrons. The Bertz CT molecular complexity index is 1260. The van der Waals surface area contributed by atoms with Crippen molar-refractivity contribution in [2.45, 2.75) is 13.8 Å². The molecule has 0 aliphatic rings. The highest BCUT2D eigenvalue weighted by atomic mass is 16.5. The maximum Gasteiger partial charge on any atom is 0.217 e. The highest BCUT2D eigenvalue weighted by molar-refractivity contribution is 5.95. The van der Waals surface area contributed by atoms with E-state index in [0.29, 0.717) is 11.6 Å². The van der Waals surface area contributed by atoms with E-state index in [1.54, 1.807) is 24.2 Å². The molecule has 0 bridgehead atoms. The highest BCUT2D eigenvalue weighted by Crippen LogP contribution is 2.31. The van der Waals surface area contributed by atoms with E-state index < -0.39 is 0 Å². The summed E-state index contributed by atoms with van der Waals surface area (Å²) in [6.45, 7) is 4.17. The number of hydrogen-bond donors (Lipinski definition) is 0. The molecule has 7 heteroatoms.